The summed E-state index contributed by atoms with van der Waals surface area (Å²) < 4.78 is 11.0. The Kier molecular flexibility index (Phi) is 6.26. The number of likely N-dealkylation sites (N-methyl/N-ethyl adjacent to an activating group) is 1. The number of hydrogen-bond donors (Lipinski definition) is 1. The van der Waals surface area contributed by atoms with Crippen LogP contribution in [0.1, 0.15) is 18.4 Å². The Hall–Kier alpha value is -0.460. The van der Waals surface area contributed by atoms with E-state index in [0.29, 0.717) is 13.2 Å². The molecular formula is C14H23NO3S. The molecule has 0 saturated carbocycles. The van der Waals surface area contributed by atoms with Crippen molar-refractivity contribution in [1.82, 2.24) is 4.90 Å². The van der Waals surface area contributed by atoms with Crippen LogP contribution in [-0.2, 0) is 16.0 Å². The summed E-state index contributed by atoms with van der Waals surface area (Å²) in [7, 11) is 2.02. The number of ether oxygens (including phenoxy) is 2. The molecule has 5 heteroatoms. The fourth-order valence-electron chi connectivity index (χ4n) is 2.26. The van der Waals surface area contributed by atoms with Crippen molar-refractivity contribution >= 4 is 11.3 Å². The molecule has 0 radical (unpaired) electrons. The molecule has 1 fully saturated rings. The fourth-order valence-corrected chi connectivity index (χ4v) is 2.92. The first-order valence-corrected chi connectivity index (χ1v) is 7.75. The van der Waals surface area contributed by atoms with Crippen LogP contribution in [0.3, 0.4) is 0 Å². The van der Waals surface area contributed by atoms with Crippen molar-refractivity contribution < 1.29 is 14.6 Å². The molecule has 1 aliphatic rings. The Morgan fingerprint density at radius 1 is 1.53 bits per heavy atom. The van der Waals surface area contributed by atoms with Crippen LogP contribution in [0.15, 0.2) is 16.8 Å². The van der Waals surface area contributed by atoms with E-state index in [4.69, 9.17) is 9.47 Å². The van der Waals surface area contributed by atoms with Crippen LogP contribution >= 0.6 is 11.3 Å². The van der Waals surface area contributed by atoms with Gasteiger partial charge in [0.25, 0.3) is 0 Å². The van der Waals surface area contributed by atoms with Crippen LogP contribution in [0.25, 0.3) is 0 Å². The van der Waals surface area contributed by atoms with Gasteiger partial charge in [-0.3, -0.25) is 4.90 Å². The molecule has 1 aliphatic heterocycles. The Morgan fingerprint density at radius 3 is 3.00 bits per heavy atom. The molecule has 0 aliphatic carbocycles. The zero-order chi connectivity index (χ0) is 13.5. The van der Waals surface area contributed by atoms with E-state index < -0.39 is 6.10 Å². The SMILES string of the molecule is CN(Cc1ccsc1)CC(O)COC1CCOCC1. The summed E-state index contributed by atoms with van der Waals surface area (Å²) in [6.45, 7) is 3.48. The molecule has 1 aromatic rings. The second-order valence-electron chi connectivity index (χ2n) is 5.13. The third-order valence-electron chi connectivity index (χ3n) is 3.25. The minimum absolute atomic E-state index is 0.255. The normalized spacial score (nSPS) is 18.9. The molecule has 0 aromatic carbocycles. The molecule has 19 heavy (non-hydrogen) atoms. The predicted octanol–water partition coefficient (Wildman–Crippen LogP) is 1.74. The van der Waals surface area contributed by atoms with Crippen molar-refractivity contribution in [3.8, 4) is 0 Å². The molecule has 0 spiro atoms. The summed E-state index contributed by atoms with van der Waals surface area (Å²) in [6.07, 6.45) is 1.71. The summed E-state index contributed by atoms with van der Waals surface area (Å²) in [5, 5.41) is 14.2. The third-order valence-corrected chi connectivity index (χ3v) is 3.98. The van der Waals surface area contributed by atoms with Crippen molar-refractivity contribution in [1.29, 1.82) is 0 Å². The standard InChI is InChI=1S/C14H23NO3S/c1-15(8-12-4-7-19-11-12)9-13(16)10-18-14-2-5-17-6-3-14/h4,7,11,13-14,16H,2-3,5-6,8-10H2,1H3. The maximum absolute atomic E-state index is 9.98. The highest BCUT2D eigenvalue weighted by molar-refractivity contribution is 7.07. The van der Waals surface area contributed by atoms with Crippen LogP contribution in [0.2, 0.25) is 0 Å². The Bertz CT molecular complexity index is 338. The van der Waals surface area contributed by atoms with Gasteiger partial charge in [0.1, 0.15) is 0 Å². The van der Waals surface area contributed by atoms with Gasteiger partial charge >= 0.3 is 0 Å². The highest BCUT2D eigenvalue weighted by Crippen LogP contribution is 2.12. The monoisotopic (exact) mass is 285 g/mol. The van der Waals surface area contributed by atoms with E-state index in [1.165, 1.54) is 5.56 Å². The Morgan fingerprint density at radius 2 is 2.32 bits per heavy atom. The first-order valence-electron chi connectivity index (χ1n) is 6.81. The van der Waals surface area contributed by atoms with Crippen LogP contribution in [-0.4, -0.2) is 55.6 Å². The Balaban J connectivity index is 1.61. The number of hydrogen-bond acceptors (Lipinski definition) is 5. The van der Waals surface area contributed by atoms with Gasteiger partial charge in [-0.15, -0.1) is 0 Å². The average Bonchev–Trinajstić information content (AvgIpc) is 2.90. The van der Waals surface area contributed by atoms with Crippen molar-refractivity contribution in [3.05, 3.63) is 22.4 Å². The summed E-state index contributed by atoms with van der Waals surface area (Å²) in [5.41, 5.74) is 1.30. The zero-order valence-corrected chi connectivity index (χ0v) is 12.3. The molecule has 0 bridgehead atoms. The van der Waals surface area contributed by atoms with E-state index in [0.717, 1.165) is 32.6 Å². The first-order chi connectivity index (χ1) is 9.24. The summed E-state index contributed by atoms with van der Waals surface area (Å²) >= 11 is 1.70. The lowest BCUT2D eigenvalue weighted by molar-refractivity contribution is -0.0634. The number of aliphatic hydroxyl groups excluding tert-OH is 1. The van der Waals surface area contributed by atoms with Gasteiger partial charge in [0, 0.05) is 26.3 Å². The van der Waals surface area contributed by atoms with Crippen molar-refractivity contribution in [2.75, 3.05) is 33.4 Å². The highest BCUT2D eigenvalue weighted by Gasteiger charge is 2.16. The predicted molar refractivity (Wildman–Crippen MR) is 76.5 cm³/mol. The molecule has 0 amide bonds. The second-order valence-corrected chi connectivity index (χ2v) is 5.91. The van der Waals surface area contributed by atoms with Crippen LogP contribution in [0, 0.1) is 0 Å². The summed E-state index contributed by atoms with van der Waals surface area (Å²) in [6, 6.07) is 2.12. The molecule has 1 atom stereocenters. The number of nitrogens with zero attached hydrogens (tertiary/aromatic N) is 1. The highest BCUT2D eigenvalue weighted by atomic mass is 32.1. The average molecular weight is 285 g/mol. The number of rotatable bonds is 7. The minimum Gasteiger partial charge on any atom is -0.389 e. The molecule has 1 unspecified atom stereocenters. The lowest BCUT2D eigenvalue weighted by Gasteiger charge is -2.25. The number of aliphatic hydroxyl groups is 1. The van der Waals surface area contributed by atoms with E-state index >= 15 is 0 Å². The maximum atomic E-state index is 9.98. The van der Waals surface area contributed by atoms with E-state index in [1.807, 2.05) is 7.05 Å². The lowest BCUT2D eigenvalue weighted by atomic mass is 10.1. The van der Waals surface area contributed by atoms with Crippen LogP contribution in [0.4, 0.5) is 0 Å². The maximum Gasteiger partial charge on any atom is 0.0900 e. The Labute approximate surface area is 118 Å². The smallest absolute Gasteiger partial charge is 0.0900 e. The van der Waals surface area contributed by atoms with E-state index in [2.05, 4.69) is 21.7 Å². The lowest BCUT2D eigenvalue weighted by Crippen LogP contribution is -2.34. The fraction of sp³-hybridized carbons (Fsp3) is 0.714. The van der Waals surface area contributed by atoms with Gasteiger partial charge in [0.05, 0.1) is 18.8 Å². The van der Waals surface area contributed by atoms with Gasteiger partial charge in [0.15, 0.2) is 0 Å². The van der Waals surface area contributed by atoms with Gasteiger partial charge < -0.3 is 14.6 Å². The van der Waals surface area contributed by atoms with Crippen LogP contribution < -0.4 is 0 Å². The first kappa shape index (κ1) is 14.9. The molecule has 2 rings (SSSR count). The van der Waals surface area contributed by atoms with E-state index in [9.17, 15) is 5.11 Å². The third kappa shape index (κ3) is 5.58. The largest absolute Gasteiger partial charge is 0.389 e. The molecule has 2 heterocycles. The zero-order valence-electron chi connectivity index (χ0n) is 11.5. The minimum atomic E-state index is -0.425. The van der Waals surface area contributed by atoms with Gasteiger partial charge in [-0.1, -0.05) is 0 Å². The molecule has 1 aromatic heterocycles. The topological polar surface area (TPSA) is 41.9 Å². The van der Waals surface area contributed by atoms with Gasteiger partial charge in [-0.25, -0.2) is 0 Å². The number of thiophene rings is 1. The van der Waals surface area contributed by atoms with Gasteiger partial charge in [0.2, 0.25) is 0 Å². The molecule has 108 valence electrons. The molecule has 1 saturated heterocycles. The molecular weight excluding hydrogens is 262 g/mol. The van der Waals surface area contributed by atoms with E-state index in [-0.39, 0.29) is 6.10 Å². The van der Waals surface area contributed by atoms with Crippen LogP contribution in [0.5, 0.6) is 0 Å². The summed E-state index contributed by atoms with van der Waals surface area (Å²) in [5.74, 6) is 0. The summed E-state index contributed by atoms with van der Waals surface area (Å²) in [4.78, 5) is 2.13. The van der Waals surface area contributed by atoms with Crippen molar-refractivity contribution in [2.45, 2.75) is 31.6 Å². The van der Waals surface area contributed by atoms with Gasteiger partial charge in [-0.05, 0) is 42.3 Å². The second kappa shape index (κ2) is 7.97. The van der Waals surface area contributed by atoms with E-state index in [1.54, 1.807) is 11.3 Å². The molecule has 1 N–H and O–H groups in total. The van der Waals surface area contributed by atoms with Gasteiger partial charge in [-0.2, -0.15) is 11.3 Å². The van der Waals surface area contributed by atoms with Crippen molar-refractivity contribution in [2.24, 2.45) is 0 Å². The quantitative estimate of drug-likeness (QED) is 0.828. The molecule has 4 nitrogen and oxygen atoms in total. The van der Waals surface area contributed by atoms with Crippen molar-refractivity contribution in [3.63, 3.8) is 0 Å².